The molecule has 1 fully saturated rings. The Kier molecular flexibility index (Phi) is 4.26. The molecule has 0 amide bonds. The fourth-order valence-corrected chi connectivity index (χ4v) is 6.92. The predicted molar refractivity (Wildman–Crippen MR) is 98.0 cm³/mol. The number of fused-ring (bicyclic) bond motifs is 1. The Labute approximate surface area is 153 Å². The minimum Gasteiger partial charge on any atom is -0.207 e. The summed E-state index contributed by atoms with van der Waals surface area (Å²) in [6, 6.07) is 12.4. The highest BCUT2D eigenvalue weighted by atomic mass is 35.5. The van der Waals surface area contributed by atoms with Gasteiger partial charge in [-0.15, -0.1) is 11.8 Å². The van der Waals surface area contributed by atoms with Crippen LogP contribution in [0.25, 0.3) is 11.0 Å². The molecule has 1 aliphatic rings. The van der Waals surface area contributed by atoms with Crippen molar-refractivity contribution in [3.05, 3.63) is 53.1 Å². The number of sulfonamides is 1. The summed E-state index contributed by atoms with van der Waals surface area (Å²) < 4.78 is 36.3. The third-order valence-electron chi connectivity index (χ3n) is 3.82. The van der Waals surface area contributed by atoms with E-state index in [0.29, 0.717) is 22.6 Å². The van der Waals surface area contributed by atoms with Crippen LogP contribution in [-0.2, 0) is 10.0 Å². The lowest BCUT2D eigenvalue weighted by atomic mass is 10.2. The smallest absolute Gasteiger partial charge is 0.207 e. The first-order valence-electron chi connectivity index (χ1n) is 7.17. The van der Waals surface area contributed by atoms with Crippen molar-refractivity contribution in [3.8, 4) is 0 Å². The van der Waals surface area contributed by atoms with Gasteiger partial charge in [-0.2, -0.15) is 13.1 Å². The van der Waals surface area contributed by atoms with Gasteiger partial charge in [-0.05, 0) is 29.8 Å². The molecule has 0 saturated carbocycles. The van der Waals surface area contributed by atoms with Gasteiger partial charge in [0.15, 0.2) is 0 Å². The Morgan fingerprint density at radius 1 is 1.17 bits per heavy atom. The van der Waals surface area contributed by atoms with Gasteiger partial charge in [0.25, 0.3) is 0 Å². The zero-order chi connectivity index (χ0) is 16.7. The minimum absolute atomic E-state index is 0.211. The number of benzene rings is 2. The summed E-state index contributed by atoms with van der Waals surface area (Å²) in [6.45, 7) is 0.456. The van der Waals surface area contributed by atoms with E-state index >= 15 is 0 Å². The number of halogens is 1. The number of hydrogen-bond donors (Lipinski definition) is 0. The van der Waals surface area contributed by atoms with E-state index in [2.05, 4.69) is 8.75 Å². The number of hydrogen-bond acceptors (Lipinski definition) is 6. The summed E-state index contributed by atoms with van der Waals surface area (Å²) in [6.07, 6.45) is 0. The molecular weight excluding hydrogens is 386 g/mol. The van der Waals surface area contributed by atoms with Gasteiger partial charge in [0, 0.05) is 17.3 Å². The van der Waals surface area contributed by atoms with Gasteiger partial charge in [0.05, 0.1) is 17.1 Å². The molecule has 9 heteroatoms. The van der Waals surface area contributed by atoms with E-state index in [-0.39, 0.29) is 10.3 Å². The standard InChI is InChI=1S/C15H12ClN3O2S3/c16-11-4-1-3-10(9-11)15-19(7-8-22-15)24(20,21)13-6-2-5-12-14(13)18-23-17-12/h1-6,9,15H,7-8H2. The van der Waals surface area contributed by atoms with Crippen LogP contribution < -0.4 is 0 Å². The van der Waals surface area contributed by atoms with E-state index < -0.39 is 10.0 Å². The monoisotopic (exact) mass is 397 g/mol. The molecule has 0 radical (unpaired) electrons. The van der Waals surface area contributed by atoms with Crippen LogP contribution in [-0.4, -0.2) is 33.8 Å². The molecule has 0 spiro atoms. The molecule has 5 nitrogen and oxygen atoms in total. The molecule has 124 valence electrons. The quantitative estimate of drug-likeness (QED) is 0.672. The van der Waals surface area contributed by atoms with Gasteiger partial charge < -0.3 is 0 Å². The van der Waals surface area contributed by atoms with Crippen LogP contribution in [0, 0.1) is 0 Å². The van der Waals surface area contributed by atoms with Crippen LogP contribution in [0.5, 0.6) is 0 Å². The average molecular weight is 398 g/mol. The normalized spacial score (nSPS) is 19.1. The first kappa shape index (κ1) is 16.3. The second kappa shape index (κ2) is 6.27. The molecule has 0 N–H and O–H groups in total. The molecule has 4 rings (SSSR count). The SMILES string of the molecule is O=S(=O)(c1cccc2nsnc12)N1CCSC1c1cccc(Cl)c1. The molecule has 1 atom stereocenters. The Morgan fingerprint density at radius 2 is 2.00 bits per heavy atom. The highest BCUT2D eigenvalue weighted by Crippen LogP contribution is 2.42. The third kappa shape index (κ3) is 2.72. The van der Waals surface area contributed by atoms with Crippen LogP contribution in [0.15, 0.2) is 47.4 Å². The summed E-state index contributed by atoms with van der Waals surface area (Å²) in [5.41, 5.74) is 1.92. The Bertz CT molecular complexity index is 1010. The molecule has 24 heavy (non-hydrogen) atoms. The summed E-state index contributed by atoms with van der Waals surface area (Å²) in [5, 5.41) is 0.318. The molecule has 3 aromatic rings. The lowest BCUT2D eigenvalue weighted by Gasteiger charge is -2.23. The van der Waals surface area contributed by atoms with E-state index in [0.717, 1.165) is 23.0 Å². The summed E-state index contributed by atoms with van der Waals surface area (Å²) >= 11 is 8.69. The van der Waals surface area contributed by atoms with Crippen molar-refractivity contribution in [3.63, 3.8) is 0 Å². The highest BCUT2D eigenvalue weighted by Gasteiger charge is 2.38. The fourth-order valence-electron chi connectivity index (χ4n) is 2.74. The van der Waals surface area contributed by atoms with Crippen molar-refractivity contribution < 1.29 is 8.42 Å². The maximum atomic E-state index is 13.2. The molecule has 2 aromatic carbocycles. The fraction of sp³-hybridized carbons (Fsp3) is 0.200. The topological polar surface area (TPSA) is 63.2 Å². The van der Waals surface area contributed by atoms with E-state index in [4.69, 9.17) is 11.6 Å². The number of nitrogens with zero attached hydrogens (tertiary/aromatic N) is 3. The molecule has 0 bridgehead atoms. The van der Waals surface area contributed by atoms with Crippen LogP contribution in [0.1, 0.15) is 10.9 Å². The van der Waals surface area contributed by atoms with Crippen LogP contribution in [0.3, 0.4) is 0 Å². The zero-order valence-corrected chi connectivity index (χ0v) is 15.5. The molecule has 1 aliphatic heterocycles. The summed E-state index contributed by atoms with van der Waals surface area (Å²) in [4.78, 5) is 0.211. The molecular formula is C15H12ClN3O2S3. The Morgan fingerprint density at radius 3 is 2.83 bits per heavy atom. The van der Waals surface area contributed by atoms with E-state index in [1.165, 1.54) is 4.31 Å². The average Bonchev–Trinajstić information content (AvgIpc) is 3.23. The van der Waals surface area contributed by atoms with E-state index in [1.54, 1.807) is 36.0 Å². The molecule has 1 aromatic heterocycles. The maximum Gasteiger partial charge on any atom is 0.246 e. The lowest BCUT2D eigenvalue weighted by Crippen LogP contribution is -2.30. The van der Waals surface area contributed by atoms with Crippen molar-refractivity contribution in [1.82, 2.24) is 13.1 Å². The van der Waals surface area contributed by atoms with Crippen molar-refractivity contribution in [1.29, 1.82) is 0 Å². The van der Waals surface area contributed by atoms with Gasteiger partial charge in [-0.1, -0.05) is 29.8 Å². The number of thioether (sulfide) groups is 1. The van der Waals surface area contributed by atoms with Gasteiger partial charge in [0.1, 0.15) is 15.9 Å². The second-order valence-corrected chi connectivity index (χ2v) is 9.29. The predicted octanol–water partition coefficient (Wildman–Crippen LogP) is 3.78. The van der Waals surface area contributed by atoms with Crippen LogP contribution >= 0.6 is 35.1 Å². The largest absolute Gasteiger partial charge is 0.246 e. The van der Waals surface area contributed by atoms with Crippen molar-refractivity contribution in [2.45, 2.75) is 10.3 Å². The molecule has 0 aliphatic carbocycles. The van der Waals surface area contributed by atoms with Crippen LogP contribution in [0.2, 0.25) is 5.02 Å². The maximum absolute atomic E-state index is 13.2. The first-order chi connectivity index (χ1) is 11.6. The summed E-state index contributed by atoms with van der Waals surface area (Å²) in [7, 11) is -3.67. The third-order valence-corrected chi connectivity index (χ3v) is 7.89. The Balaban J connectivity index is 1.80. The van der Waals surface area contributed by atoms with Gasteiger partial charge in [0.2, 0.25) is 10.0 Å². The van der Waals surface area contributed by atoms with E-state index in [1.807, 2.05) is 18.2 Å². The van der Waals surface area contributed by atoms with Crippen molar-refractivity contribution in [2.75, 3.05) is 12.3 Å². The van der Waals surface area contributed by atoms with Gasteiger partial charge in [-0.3, -0.25) is 0 Å². The minimum atomic E-state index is -3.67. The molecule has 2 heterocycles. The van der Waals surface area contributed by atoms with Crippen molar-refractivity contribution in [2.24, 2.45) is 0 Å². The molecule has 1 unspecified atom stereocenters. The van der Waals surface area contributed by atoms with Gasteiger partial charge in [-0.25, -0.2) is 8.42 Å². The zero-order valence-electron chi connectivity index (χ0n) is 12.3. The Hall–Kier alpha value is -1.19. The van der Waals surface area contributed by atoms with Gasteiger partial charge >= 0.3 is 0 Å². The van der Waals surface area contributed by atoms with E-state index in [9.17, 15) is 8.42 Å². The lowest BCUT2D eigenvalue weighted by molar-refractivity contribution is 0.435. The van der Waals surface area contributed by atoms with Crippen molar-refractivity contribution >= 4 is 56.1 Å². The summed E-state index contributed by atoms with van der Waals surface area (Å²) in [5.74, 6) is 0.738. The number of rotatable bonds is 3. The first-order valence-corrected chi connectivity index (χ1v) is 10.8. The number of aromatic nitrogens is 2. The van der Waals surface area contributed by atoms with Crippen LogP contribution in [0.4, 0.5) is 0 Å². The second-order valence-electron chi connectivity index (χ2n) is 5.28. The molecule has 1 saturated heterocycles. The highest BCUT2D eigenvalue weighted by molar-refractivity contribution is 8.01.